The van der Waals surface area contributed by atoms with Gasteiger partial charge in [0.05, 0.1) is 4.90 Å². The average molecular weight is 254 g/mol. The fourth-order valence-corrected chi connectivity index (χ4v) is 2.57. The summed E-state index contributed by atoms with van der Waals surface area (Å²) in [7, 11) is -3.67. The first-order chi connectivity index (χ1) is 7.93. The summed E-state index contributed by atoms with van der Waals surface area (Å²) in [4.78, 5) is 13.4. The van der Waals surface area contributed by atoms with Gasteiger partial charge in [-0.05, 0) is 30.2 Å². The van der Waals surface area contributed by atoms with Crippen LogP contribution in [-0.4, -0.2) is 20.9 Å². The molecule has 0 spiro atoms. The van der Waals surface area contributed by atoms with Crippen molar-refractivity contribution in [3.63, 3.8) is 0 Å². The topological polar surface area (TPSA) is 80.5 Å². The van der Waals surface area contributed by atoms with Crippen molar-refractivity contribution in [1.29, 1.82) is 0 Å². The van der Waals surface area contributed by atoms with E-state index < -0.39 is 10.0 Å². The number of fused-ring (bicyclic) bond motifs is 1. The molecule has 0 saturated heterocycles. The van der Waals surface area contributed by atoms with Gasteiger partial charge in [0, 0.05) is 18.7 Å². The Balaban J connectivity index is 2.42. The molecule has 6 heteroatoms. The fraction of sp³-hybridized carbons (Fsp3) is 0.364. The smallest absolute Gasteiger partial charge is 0.238 e. The summed E-state index contributed by atoms with van der Waals surface area (Å²) in [6.07, 6.45) is 1.11. The highest BCUT2D eigenvalue weighted by Gasteiger charge is 2.24. The molecule has 1 aromatic rings. The van der Waals surface area contributed by atoms with Crippen LogP contribution < -0.4 is 10.0 Å². The minimum Gasteiger partial charge on any atom is -0.312 e. The Morgan fingerprint density at radius 3 is 2.76 bits per heavy atom. The summed E-state index contributed by atoms with van der Waals surface area (Å²) in [5, 5.41) is 5.06. The van der Waals surface area contributed by atoms with E-state index in [4.69, 9.17) is 5.14 Å². The summed E-state index contributed by atoms with van der Waals surface area (Å²) in [6.45, 7) is 2.41. The van der Waals surface area contributed by atoms with Crippen molar-refractivity contribution in [2.75, 3.05) is 11.4 Å². The lowest BCUT2D eigenvalue weighted by atomic mass is 10.2. The third kappa shape index (κ3) is 2.18. The van der Waals surface area contributed by atoms with Gasteiger partial charge in [-0.15, -0.1) is 0 Å². The molecule has 1 aliphatic rings. The zero-order valence-corrected chi connectivity index (χ0v) is 10.3. The van der Waals surface area contributed by atoms with Crippen LogP contribution >= 0.6 is 0 Å². The molecular formula is C11H14N2O3S. The predicted octanol–water partition coefficient (Wildman–Crippen LogP) is 0.633. The van der Waals surface area contributed by atoms with E-state index in [0.29, 0.717) is 19.4 Å². The maximum atomic E-state index is 11.6. The van der Waals surface area contributed by atoms with Crippen LogP contribution in [0.4, 0.5) is 5.69 Å². The lowest BCUT2D eigenvalue weighted by Crippen LogP contribution is -2.27. The maximum absolute atomic E-state index is 11.6. The predicted molar refractivity (Wildman–Crippen MR) is 64.2 cm³/mol. The number of amides is 1. The fourth-order valence-electron chi connectivity index (χ4n) is 2.01. The van der Waals surface area contributed by atoms with E-state index in [1.165, 1.54) is 6.07 Å². The minimum atomic E-state index is -3.67. The lowest BCUT2D eigenvalue weighted by Gasteiger charge is -2.16. The maximum Gasteiger partial charge on any atom is 0.238 e. The normalized spacial score (nSPS) is 14.8. The van der Waals surface area contributed by atoms with Crippen molar-refractivity contribution in [1.82, 2.24) is 0 Å². The third-order valence-corrected chi connectivity index (χ3v) is 3.79. The van der Waals surface area contributed by atoms with Gasteiger partial charge < -0.3 is 4.90 Å². The van der Waals surface area contributed by atoms with E-state index in [-0.39, 0.29) is 10.8 Å². The molecule has 2 N–H and O–H groups in total. The first-order valence-electron chi connectivity index (χ1n) is 5.39. The number of sulfonamides is 1. The van der Waals surface area contributed by atoms with Gasteiger partial charge in [0.2, 0.25) is 15.9 Å². The first kappa shape index (κ1) is 12.1. The van der Waals surface area contributed by atoms with E-state index in [1.807, 2.05) is 0 Å². The van der Waals surface area contributed by atoms with Gasteiger partial charge in [0.1, 0.15) is 0 Å². The van der Waals surface area contributed by atoms with E-state index in [0.717, 1.165) is 11.3 Å². The zero-order valence-electron chi connectivity index (χ0n) is 9.51. The lowest BCUT2D eigenvalue weighted by molar-refractivity contribution is -0.118. The number of primary sulfonamides is 1. The van der Waals surface area contributed by atoms with Gasteiger partial charge in [-0.1, -0.05) is 6.92 Å². The van der Waals surface area contributed by atoms with Crippen molar-refractivity contribution >= 4 is 21.6 Å². The second-order valence-corrected chi connectivity index (χ2v) is 5.55. The summed E-state index contributed by atoms with van der Waals surface area (Å²) >= 11 is 0. The Morgan fingerprint density at radius 1 is 1.47 bits per heavy atom. The molecule has 1 aliphatic heterocycles. The van der Waals surface area contributed by atoms with Crippen LogP contribution in [0.5, 0.6) is 0 Å². The van der Waals surface area contributed by atoms with Gasteiger partial charge in [-0.3, -0.25) is 4.79 Å². The molecule has 0 aromatic heterocycles. The number of carbonyl (C=O) groups excluding carboxylic acids is 1. The van der Waals surface area contributed by atoms with Crippen LogP contribution in [0.1, 0.15) is 18.9 Å². The van der Waals surface area contributed by atoms with Crippen molar-refractivity contribution in [2.24, 2.45) is 5.14 Å². The molecule has 1 amide bonds. The van der Waals surface area contributed by atoms with E-state index >= 15 is 0 Å². The number of rotatable bonds is 2. The van der Waals surface area contributed by atoms with E-state index in [1.54, 1.807) is 24.0 Å². The molecular weight excluding hydrogens is 240 g/mol. The highest BCUT2D eigenvalue weighted by Crippen LogP contribution is 2.30. The number of carbonyl (C=O) groups is 1. The number of hydrogen-bond acceptors (Lipinski definition) is 3. The molecule has 1 heterocycles. The van der Waals surface area contributed by atoms with Gasteiger partial charge in [0.15, 0.2) is 0 Å². The Kier molecular flexibility index (Phi) is 2.92. The standard InChI is InChI=1S/C11H14N2O3S/c1-2-11(14)13-6-5-8-7-9(17(12,15)16)3-4-10(8)13/h3-4,7H,2,5-6H2,1H3,(H2,12,15,16). The molecule has 0 atom stereocenters. The summed E-state index contributed by atoms with van der Waals surface area (Å²) in [5.41, 5.74) is 1.66. The van der Waals surface area contributed by atoms with Gasteiger partial charge in [0.25, 0.3) is 0 Å². The van der Waals surface area contributed by atoms with Gasteiger partial charge in [-0.25, -0.2) is 13.6 Å². The van der Waals surface area contributed by atoms with E-state index in [9.17, 15) is 13.2 Å². The van der Waals surface area contributed by atoms with Crippen LogP contribution in [0.25, 0.3) is 0 Å². The van der Waals surface area contributed by atoms with Crippen LogP contribution in [0.2, 0.25) is 0 Å². The number of nitrogens with zero attached hydrogens (tertiary/aromatic N) is 1. The second-order valence-electron chi connectivity index (χ2n) is 3.98. The largest absolute Gasteiger partial charge is 0.312 e. The minimum absolute atomic E-state index is 0.0482. The molecule has 0 unspecified atom stereocenters. The SMILES string of the molecule is CCC(=O)N1CCc2cc(S(N)(=O)=O)ccc21. The Morgan fingerprint density at radius 2 is 2.18 bits per heavy atom. The second kappa shape index (κ2) is 4.12. The monoisotopic (exact) mass is 254 g/mol. The molecule has 0 radical (unpaired) electrons. The molecule has 17 heavy (non-hydrogen) atoms. The third-order valence-electron chi connectivity index (χ3n) is 2.88. The van der Waals surface area contributed by atoms with Crippen molar-refractivity contribution in [3.8, 4) is 0 Å². The van der Waals surface area contributed by atoms with Gasteiger partial charge >= 0.3 is 0 Å². The summed E-state index contributed by atoms with van der Waals surface area (Å²) < 4.78 is 22.4. The highest BCUT2D eigenvalue weighted by atomic mass is 32.2. The number of nitrogens with two attached hydrogens (primary N) is 1. The molecule has 2 rings (SSSR count). The average Bonchev–Trinajstić information content (AvgIpc) is 2.69. The summed E-state index contributed by atoms with van der Waals surface area (Å²) in [6, 6.07) is 4.64. The first-order valence-corrected chi connectivity index (χ1v) is 6.94. The van der Waals surface area contributed by atoms with Crippen LogP contribution in [0.3, 0.4) is 0 Å². The highest BCUT2D eigenvalue weighted by molar-refractivity contribution is 7.89. The number of anilines is 1. The molecule has 0 fully saturated rings. The molecule has 5 nitrogen and oxygen atoms in total. The summed E-state index contributed by atoms with van der Waals surface area (Å²) in [5.74, 6) is 0.0482. The molecule has 0 aliphatic carbocycles. The molecule has 0 bridgehead atoms. The van der Waals surface area contributed by atoms with Crippen LogP contribution in [0, 0.1) is 0 Å². The zero-order chi connectivity index (χ0) is 12.6. The number of hydrogen-bond donors (Lipinski definition) is 1. The van der Waals surface area contributed by atoms with Crippen LogP contribution in [-0.2, 0) is 21.2 Å². The quantitative estimate of drug-likeness (QED) is 0.840. The molecule has 92 valence electrons. The van der Waals surface area contributed by atoms with Crippen molar-refractivity contribution in [3.05, 3.63) is 23.8 Å². The Labute approximate surface area is 100 Å². The van der Waals surface area contributed by atoms with Crippen molar-refractivity contribution < 1.29 is 13.2 Å². The van der Waals surface area contributed by atoms with Gasteiger partial charge in [-0.2, -0.15) is 0 Å². The molecule has 1 aromatic carbocycles. The Bertz CT molecular complexity index is 566. The Hall–Kier alpha value is -1.40. The van der Waals surface area contributed by atoms with Crippen molar-refractivity contribution in [2.45, 2.75) is 24.7 Å². The number of benzene rings is 1. The van der Waals surface area contributed by atoms with E-state index in [2.05, 4.69) is 0 Å². The van der Waals surface area contributed by atoms with Crippen LogP contribution in [0.15, 0.2) is 23.1 Å². The molecule has 0 saturated carbocycles.